The topological polar surface area (TPSA) is 59.0 Å². The molecule has 1 spiro atoms. The highest BCUT2D eigenvalue weighted by Gasteiger charge is 2.43. The molecule has 1 atom stereocenters. The number of rotatable bonds is 1. The van der Waals surface area contributed by atoms with Gasteiger partial charge in [-0.25, -0.2) is 4.79 Å². The van der Waals surface area contributed by atoms with Crippen LogP contribution in [0.15, 0.2) is 0 Å². The van der Waals surface area contributed by atoms with Crippen molar-refractivity contribution in [3.63, 3.8) is 0 Å². The summed E-state index contributed by atoms with van der Waals surface area (Å²) in [7, 11) is 0. The summed E-state index contributed by atoms with van der Waals surface area (Å²) < 4.78 is 11.3. The number of carbonyl (C=O) groups excluding carboxylic acids is 1. The highest BCUT2D eigenvalue weighted by Crippen LogP contribution is 2.38. The van der Waals surface area contributed by atoms with Crippen molar-refractivity contribution in [1.82, 2.24) is 4.90 Å². The Balaban J connectivity index is 1.84. The summed E-state index contributed by atoms with van der Waals surface area (Å²) in [6.07, 6.45) is 3.32. The van der Waals surface area contributed by atoms with Crippen LogP contribution in [0.3, 0.4) is 0 Å². The van der Waals surface area contributed by atoms with Crippen LogP contribution in [0, 0.1) is 0 Å². The summed E-state index contributed by atoms with van der Waals surface area (Å²) in [5.74, 6) is 0. The molecule has 19 heavy (non-hydrogen) atoms. The fourth-order valence-corrected chi connectivity index (χ4v) is 2.82. The highest BCUT2D eigenvalue weighted by atomic mass is 16.6. The molecule has 2 fully saturated rings. The van der Waals surface area contributed by atoms with Crippen LogP contribution in [0.1, 0.15) is 46.5 Å². The van der Waals surface area contributed by atoms with Crippen LogP contribution in [0.25, 0.3) is 0 Å². The molecule has 0 radical (unpaired) electrons. The van der Waals surface area contributed by atoms with E-state index in [1.54, 1.807) is 4.90 Å². The lowest BCUT2D eigenvalue weighted by Gasteiger charge is -2.39. The third kappa shape index (κ3) is 3.60. The predicted molar refractivity (Wildman–Crippen MR) is 71.0 cm³/mol. The zero-order valence-electron chi connectivity index (χ0n) is 12.1. The Hall–Kier alpha value is -0.810. The Morgan fingerprint density at radius 1 is 1.37 bits per heavy atom. The highest BCUT2D eigenvalue weighted by molar-refractivity contribution is 5.68. The maximum Gasteiger partial charge on any atom is 0.410 e. The fourth-order valence-electron chi connectivity index (χ4n) is 2.82. The zero-order valence-corrected chi connectivity index (χ0v) is 12.1. The normalized spacial score (nSPS) is 26.7. The van der Waals surface area contributed by atoms with E-state index in [1.165, 1.54) is 0 Å². The van der Waals surface area contributed by atoms with Gasteiger partial charge in [0.05, 0.1) is 18.3 Å². The number of aliphatic hydroxyl groups excluding tert-OH is 1. The molecule has 0 aliphatic carbocycles. The summed E-state index contributed by atoms with van der Waals surface area (Å²) in [5, 5.41) is 9.14. The second kappa shape index (κ2) is 5.29. The zero-order chi connectivity index (χ0) is 14.1. The van der Waals surface area contributed by atoms with Gasteiger partial charge in [-0.05, 0) is 46.5 Å². The molecule has 0 unspecified atom stereocenters. The third-order valence-corrected chi connectivity index (χ3v) is 3.87. The average Bonchev–Trinajstić information content (AvgIpc) is 2.71. The van der Waals surface area contributed by atoms with Crippen LogP contribution >= 0.6 is 0 Å². The summed E-state index contributed by atoms with van der Waals surface area (Å²) in [4.78, 5) is 13.7. The number of likely N-dealkylation sites (tertiary alicyclic amines) is 1. The van der Waals surface area contributed by atoms with Gasteiger partial charge in [0.25, 0.3) is 0 Å². The minimum absolute atomic E-state index is 0.0203. The molecule has 110 valence electrons. The molecule has 1 amide bonds. The van der Waals surface area contributed by atoms with E-state index in [9.17, 15) is 4.79 Å². The van der Waals surface area contributed by atoms with Crippen molar-refractivity contribution in [3.8, 4) is 0 Å². The monoisotopic (exact) mass is 271 g/mol. The van der Waals surface area contributed by atoms with Gasteiger partial charge in [-0.3, -0.25) is 0 Å². The Morgan fingerprint density at radius 3 is 2.47 bits per heavy atom. The number of ether oxygens (including phenoxy) is 2. The maximum absolute atomic E-state index is 12.0. The van der Waals surface area contributed by atoms with Crippen molar-refractivity contribution in [1.29, 1.82) is 0 Å². The van der Waals surface area contributed by atoms with Crippen LogP contribution in [-0.2, 0) is 9.47 Å². The van der Waals surface area contributed by atoms with Crippen molar-refractivity contribution in [2.24, 2.45) is 0 Å². The molecule has 1 N–H and O–H groups in total. The number of carbonyl (C=O) groups is 1. The van der Waals surface area contributed by atoms with Gasteiger partial charge in [-0.2, -0.15) is 0 Å². The minimum Gasteiger partial charge on any atom is -0.444 e. The number of piperidine rings is 1. The second-order valence-corrected chi connectivity index (χ2v) is 6.61. The first-order valence-electron chi connectivity index (χ1n) is 7.10. The quantitative estimate of drug-likeness (QED) is 0.791. The molecule has 2 rings (SSSR count). The van der Waals surface area contributed by atoms with E-state index >= 15 is 0 Å². The Bertz CT molecular complexity index is 329. The lowest BCUT2D eigenvalue weighted by Crippen LogP contribution is -2.48. The van der Waals surface area contributed by atoms with Gasteiger partial charge in [0.15, 0.2) is 0 Å². The summed E-state index contributed by atoms with van der Waals surface area (Å²) in [6.45, 7) is 7.07. The van der Waals surface area contributed by atoms with Gasteiger partial charge in [0.2, 0.25) is 0 Å². The SMILES string of the molecule is CC(C)(C)OC(=O)N1CCC2(CC[C@H](CO)O2)CC1. The van der Waals surface area contributed by atoms with Crippen molar-refractivity contribution >= 4 is 6.09 Å². The lowest BCUT2D eigenvalue weighted by atomic mass is 9.89. The molecule has 2 saturated heterocycles. The number of amides is 1. The van der Waals surface area contributed by atoms with Gasteiger partial charge in [0.1, 0.15) is 5.60 Å². The van der Waals surface area contributed by atoms with E-state index in [0.717, 1.165) is 25.7 Å². The van der Waals surface area contributed by atoms with Crippen molar-refractivity contribution in [2.75, 3.05) is 19.7 Å². The molecule has 0 aromatic heterocycles. The van der Waals surface area contributed by atoms with Crippen LogP contribution < -0.4 is 0 Å². The first-order chi connectivity index (χ1) is 8.84. The number of hydrogen-bond acceptors (Lipinski definition) is 4. The van der Waals surface area contributed by atoms with Gasteiger partial charge in [-0.1, -0.05) is 0 Å². The summed E-state index contributed by atoms with van der Waals surface area (Å²) in [6, 6.07) is 0. The lowest BCUT2D eigenvalue weighted by molar-refractivity contribution is -0.0893. The number of nitrogens with zero attached hydrogens (tertiary/aromatic N) is 1. The largest absolute Gasteiger partial charge is 0.444 e. The smallest absolute Gasteiger partial charge is 0.410 e. The van der Waals surface area contributed by atoms with Crippen LogP contribution in [0.4, 0.5) is 4.79 Å². The number of aliphatic hydroxyl groups is 1. The summed E-state index contributed by atoms with van der Waals surface area (Å²) in [5.41, 5.74) is -0.566. The van der Waals surface area contributed by atoms with E-state index < -0.39 is 5.60 Å². The van der Waals surface area contributed by atoms with E-state index in [1.807, 2.05) is 20.8 Å². The standard InChI is InChI=1S/C14H25NO4/c1-13(2,3)19-12(17)15-8-6-14(7-9-15)5-4-11(10-16)18-14/h11,16H,4-10H2,1-3H3/t11-/m1/s1. The average molecular weight is 271 g/mol. The van der Waals surface area contributed by atoms with Gasteiger partial charge in [0, 0.05) is 13.1 Å². The molecular weight excluding hydrogens is 246 g/mol. The van der Waals surface area contributed by atoms with Crippen LogP contribution in [0.5, 0.6) is 0 Å². The first-order valence-corrected chi connectivity index (χ1v) is 7.10. The molecule has 0 aromatic carbocycles. The molecule has 5 heteroatoms. The van der Waals surface area contributed by atoms with E-state index in [-0.39, 0.29) is 24.4 Å². The molecule has 0 aromatic rings. The second-order valence-electron chi connectivity index (χ2n) is 6.61. The van der Waals surface area contributed by atoms with E-state index in [4.69, 9.17) is 14.6 Å². The molecule has 0 bridgehead atoms. The van der Waals surface area contributed by atoms with Gasteiger partial charge >= 0.3 is 6.09 Å². The van der Waals surface area contributed by atoms with Gasteiger partial charge < -0.3 is 19.5 Å². The van der Waals surface area contributed by atoms with Crippen molar-refractivity contribution in [2.45, 2.75) is 63.8 Å². The Morgan fingerprint density at radius 2 is 2.00 bits per heavy atom. The maximum atomic E-state index is 12.0. The molecule has 2 aliphatic heterocycles. The Kier molecular flexibility index (Phi) is 4.06. The summed E-state index contributed by atoms with van der Waals surface area (Å²) >= 11 is 0. The molecule has 2 aliphatic rings. The first kappa shape index (κ1) is 14.6. The third-order valence-electron chi connectivity index (χ3n) is 3.87. The fraction of sp³-hybridized carbons (Fsp3) is 0.929. The van der Waals surface area contributed by atoms with E-state index in [2.05, 4.69) is 0 Å². The van der Waals surface area contributed by atoms with E-state index in [0.29, 0.717) is 13.1 Å². The molecule has 0 saturated carbocycles. The van der Waals surface area contributed by atoms with Crippen molar-refractivity contribution in [3.05, 3.63) is 0 Å². The molecule has 2 heterocycles. The number of hydrogen-bond donors (Lipinski definition) is 1. The predicted octanol–water partition coefficient (Wildman–Crippen LogP) is 1.93. The van der Waals surface area contributed by atoms with Crippen LogP contribution in [-0.4, -0.2) is 53.1 Å². The van der Waals surface area contributed by atoms with Gasteiger partial charge in [-0.15, -0.1) is 0 Å². The van der Waals surface area contributed by atoms with Crippen LogP contribution in [0.2, 0.25) is 0 Å². The minimum atomic E-state index is -0.446. The van der Waals surface area contributed by atoms with Crippen molar-refractivity contribution < 1.29 is 19.4 Å². The molecule has 5 nitrogen and oxygen atoms in total. The Labute approximate surface area is 114 Å². The molecular formula is C14H25NO4.